The summed E-state index contributed by atoms with van der Waals surface area (Å²) in [4.78, 5) is 14.4. The van der Waals surface area contributed by atoms with Crippen LogP contribution in [0, 0.1) is 0 Å². The summed E-state index contributed by atoms with van der Waals surface area (Å²) in [5.74, 6) is -0.00379. The third kappa shape index (κ3) is 5.65. The summed E-state index contributed by atoms with van der Waals surface area (Å²) in [5.41, 5.74) is 0.669. The normalized spacial score (nSPS) is 14.4. The molecule has 4 nitrogen and oxygen atoms in total. The zero-order chi connectivity index (χ0) is 15.1. The minimum absolute atomic E-state index is 0.00379. The van der Waals surface area contributed by atoms with Crippen molar-refractivity contribution in [3.63, 3.8) is 0 Å². The minimum Gasteiger partial charge on any atom is -0.396 e. The number of hydrogen-bond acceptors (Lipinski definition) is 3. The Hall–Kier alpha value is -1.10. The molecule has 2 N–H and O–H groups in total. The van der Waals surface area contributed by atoms with Crippen molar-refractivity contribution in [1.29, 1.82) is 0 Å². The molecular weight excluding hydrogens is 288 g/mol. The number of nitrogens with zero attached hydrogens (tertiary/aromatic N) is 1. The molecule has 1 aliphatic carbocycles. The number of aliphatic hydroxyl groups excluding tert-OH is 1. The standard InChI is InChI=1S/C16H23ClN2O2/c17-14-5-1-2-6-15(14)18-16(21)9-11-19(13-7-8-13)10-3-4-12-20/h1-2,5-6,13,20H,3-4,7-12H2,(H,18,21). The topological polar surface area (TPSA) is 52.6 Å². The molecule has 21 heavy (non-hydrogen) atoms. The largest absolute Gasteiger partial charge is 0.396 e. The van der Waals surface area contributed by atoms with Crippen LogP contribution in [0.3, 0.4) is 0 Å². The first-order valence-corrected chi connectivity index (χ1v) is 7.98. The number of carbonyl (C=O) groups is 1. The summed E-state index contributed by atoms with van der Waals surface area (Å²) < 4.78 is 0. The van der Waals surface area contributed by atoms with Crippen LogP contribution in [-0.4, -0.2) is 41.7 Å². The summed E-state index contributed by atoms with van der Waals surface area (Å²) in [6.45, 7) is 1.97. The molecule has 1 aromatic rings. The van der Waals surface area contributed by atoms with Crippen molar-refractivity contribution >= 4 is 23.2 Å². The van der Waals surface area contributed by atoms with Gasteiger partial charge >= 0.3 is 0 Å². The molecule has 116 valence electrons. The molecule has 0 saturated heterocycles. The number of carbonyl (C=O) groups excluding carboxylic acids is 1. The SMILES string of the molecule is O=C(CCN(CCCCO)C1CC1)Nc1ccccc1Cl. The van der Waals surface area contributed by atoms with Gasteiger partial charge in [-0.3, -0.25) is 9.69 Å². The molecule has 0 aliphatic heterocycles. The summed E-state index contributed by atoms with van der Waals surface area (Å²) >= 11 is 6.03. The van der Waals surface area contributed by atoms with Gasteiger partial charge in [0.15, 0.2) is 0 Å². The number of para-hydroxylation sites is 1. The van der Waals surface area contributed by atoms with Crippen LogP contribution in [-0.2, 0) is 4.79 Å². The molecule has 0 aromatic heterocycles. The van der Waals surface area contributed by atoms with Gasteiger partial charge in [-0.1, -0.05) is 23.7 Å². The fourth-order valence-corrected chi connectivity index (χ4v) is 2.55. The van der Waals surface area contributed by atoms with Crippen LogP contribution in [0.2, 0.25) is 5.02 Å². The first-order valence-electron chi connectivity index (χ1n) is 7.60. The van der Waals surface area contributed by atoms with E-state index in [-0.39, 0.29) is 12.5 Å². The summed E-state index contributed by atoms with van der Waals surface area (Å²) in [6, 6.07) is 7.90. The highest BCUT2D eigenvalue weighted by molar-refractivity contribution is 6.33. The number of anilines is 1. The highest BCUT2D eigenvalue weighted by Gasteiger charge is 2.28. The Labute approximate surface area is 131 Å². The number of hydrogen-bond donors (Lipinski definition) is 2. The first kappa shape index (κ1) is 16.3. The van der Waals surface area contributed by atoms with Gasteiger partial charge < -0.3 is 10.4 Å². The lowest BCUT2D eigenvalue weighted by Gasteiger charge is -2.21. The molecule has 0 atom stereocenters. The minimum atomic E-state index is -0.00379. The van der Waals surface area contributed by atoms with Crippen LogP contribution in [0.1, 0.15) is 32.1 Å². The van der Waals surface area contributed by atoms with Crippen molar-refractivity contribution in [2.75, 3.05) is 25.0 Å². The number of rotatable bonds is 9. The van der Waals surface area contributed by atoms with E-state index >= 15 is 0 Å². The molecule has 1 aliphatic rings. The van der Waals surface area contributed by atoms with Gasteiger partial charge in [-0.15, -0.1) is 0 Å². The zero-order valence-electron chi connectivity index (χ0n) is 12.2. The zero-order valence-corrected chi connectivity index (χ0v) is 13.0. The van der Waals surface area contributed by atoms with Gasteiger partial charge in [-0.05, 0) is 44.4 Å². The Kier molecular flexibility index (Phi) is 6.49. The van der Waals surface area contributed by atoms with Crippen molar-refractivity contribution in [2.24, 2.45) is 0 Å². The maximum Gasteiger partial charge on any atom is 0.225 e. The number of unbranched alkanes of at least 4 members (excludes halogenated alkanes) is 1. The second kappa shape index (κ2) is 8.37. The van der Waals surface area contributed by atoms with Gasteiger partial charge in [0.2, 0.25) is 5.91 Å². The fourth-order valence-electron chi connectivity index (χ4n) is 2.36. The van der Waals surface area contributed by atoms with Gasteiger partial charge in [0.25, 0.3) is 0 Å². The van der Waals surface area contributed by atoms with E-state index in [0.29, 0.717) is 23.2 Å². The van der Waals surface area contributed by atoms with E-state index in [9.17, 15) is 4.79 Å². The van der Waals surface area contributed by atoms with Crippen LogP contribution < -0.4 is 5.32 Å². The second-order valence-corrected chi connectivity index (χ2v) is 5.88. The van der Waals surface area contributed by atoms with E-state index < -0.39 is 0 Å². The Morgan fingerprint density at radius 1 is 1.29 bits per heavy atom. The molecule has 0 spiro atoms. The van der Waals surface area contributed by atoms with Crippen LogP contribution in [0.15, 0.2) is 24.3 Å². The quantitative estimate of drug-likeness (QED) is 0.690. The average molecular weight is 311 g/mol. The lowest BCUT2D eigenvalue weighted by atomic mass is 10.2. The molecule has 1 saturated carbocycles. The van der Waals surface area contributed by atoms with E-state index in [1.54, 1.807) is 12.1 Å². The summed E-state index contributed by atoms with van der Waals surface area (Å²) in [6.07, 6.45) is 4.74. The predicted octanol–water partition coefficient (Wildman–Crippen LogP) is 2.91. The van der Waals surface area contributed by atoms with Crippen molar-refractivity contribution in [1.82, 2.24) is 4.90 Å². The van der Waals surface area contributed by atoms with Crippen LogP contribution in [0.25, 0.3) is 0 Å². The van der Waals surface area contributed by atoms with Gasteiger partial charge in [-0.2, -0.15) is 0 Å². The molecular formula is C16H23ClN2O2. The number of halogens is 1. The Bertz CT molecular complexity index is 463. The fraction of sp³-hybridized carbons (Fsp3) is 0.562. The summed E-state index contributed by atoms with van der Waals surface area (Å²) in [5, 5.41) is 12.3. The molecule has 2 rings (SSSR count). The van der Waals surface area contributed by atoms with Gasteiger partial charge in [0.1, 0.15) is 0 Å². The monoisotopic (exact) mass is 310 g/mol. The molecule has 0 bridgehead atoms. The number of benzene rings is 1. The van der Waals surface area contributed by atoms with E-state index in [0.717, 1.165) is 25.9 Å². The Morgan fingerprint density at radius 3 is 2.71 bits per heavy atom. The smallest absolute Gasteiger partial charge is 0.225 e. The van der Waals surface area contributed by atoms with Gasteiger partial charge in [-0.25, -0.2) is 0 Å². The molecule has 1 amide bonds. The van der Waals surface area contributed by atoms with Crippen molar-refractivity contribution < 1.29 is 9.90 Å². The highest BCUT2D eigenvalue weighted by Crippen LogP contribution is 2.27. The van der Waals surface area contributed by atoms with Crippen molar-refractivity contribution in [2.45, 2.75) is 38.1 Å². The number of nitrogens with one attached hydrogen (secondary N) is 1. The van der Waals surface area contributed by atoms with Crippen molar-refractivity contribution in [3.8, 4) is 0 Å². The van der Waals surface area contributed by atoms with Gasteiger partial charge in [0, 0.05) is 25.6 Å². The summed E-state index contributed by atoms with van der Waals surface area (Å²) in [7, 11) is 0. The van der Waals surface area contributed by atoms with E-state index in [4.69, 9.17) is 16.7 Å². The van der Waals surface area contributed by atoms with E-state index in [2.05, 4.69) is 10.2 Å². The molecule has 0 radical (unpaired) electrons. The maximum atomic E-state index is 12.0. The molecule has 5 heteroatoms. The Balaban J connectivity index is 1.75. The third-order valence-corrected chi connectivity index (χ3v) is 4.02. The van der Waals surface area contributed by atoms with E-state index in [1.807, 2.05) is 12.1 Å². The molecule has 0 unspecified atom stereocenters. The maximum absolute atomic E-state index is 12.0. The van der Waals surface area contributed by atoms with Gasteiger partial charge in [0.05, 0.1) is 10.7 Å². The van der Waals surface area contributed by atoms with Crippen LogP contribution >= 0.6 is 11.6 Å². The molecule has 0 heterocycles. The average Bonchev–Trinajstić information content (AvgIpc) is 3.30. The van der Waals surface area contributed by atoms with Crippen molar-refractivity contribution in [3.05, 3.63) is 29.3 Å². The lowest BCUT2D eigenvalue weighted by Crippen LogP contribution is -2.31. The van der Waals surface area contributed by atoms with Crippen LogP contribution in [0.5, 0.6) is 0 Å². The van der Waals surface area contributed by atoms with Crippen LogP contribution in [0.4, 0.5) is 5.69 Å². The lowest BCUT2D eigenvalue weighted by molar-refractivity contribution is -0.116. The third-order valence-electron chi connectivity index (χ3n) is 3.69. The first-order chi connectivity index (χ1) is 10.2. The predicted molar refractivity (Wildman–Crippen MR) is 85.6 cm³/mol. The van der Waals surface area contributed by atoms with E-state index in [1.165, 1.54) is 12.8 Å². The number of amides is 1. The molecule has 1 fully saturated rings. The highest BCUT2D eigenvalue weighted by atomic mass is 35.5. The second-order valence-electron chi connectivity index (χ2n) is 5.48. The molecule has 1 aromatic carbocycles. The Morgan fingerprint density at radius 2 is 2.05 bits per heavy atom. The number of aliphatic hydroxyl groups is 1.